The molecule has 5 rings (SSSR count). The molecule has 6 nitrogen and oxygen atoms in total. The van der Waals surface area contributed by atoms with Crippen LogP contribution in [-0.2, 0) is 4.79 Å². The zero-order valence-corrected chi connectivity index (χ0v) is 19.3. The Morgan fingerprint density at radius 3 is 2.63 bits per heavy atom. The number of nitrogens with zero attached hydrogens (tertiary/aromatic N) is 3. The van der Waals surface area contributed by atoms with Crippen LogP contribution in [0, 0.1) is 18.6 Å². The third-order valence-corrected chi connectivity index (χ3v) is 6.05. The van der Waals surface area contributed by atoms with Gasteiger partial charge in [0.05, 0.1) is 28.2 Å². The van der Waals surface area contributed by atoms with Gasteiger partial charge < -0.3 is 9.73 Å². The first kappa shape index (κ1) is 22.7. The van der Waals surface area contributed by atoms with Crippen molar-refractivity contribution < 1.29 is 18.0 Å². The number of pyridine rings is 1. The zero-order chi connectivity index (χ0) is 24.4. The smallest absolute Gasteiger partial charge is 0.277 e. The number of hydrogen-bond donors (Lipinski definition) is 1. The molecule has 0 bridgehead atoms. The van der Waals surface area contributed by atoms with Crippen molar-refractivity contribution in [2.45, 2.75) is 12.1 Å². The van der Waals surface area contributed by atoms with E-state index in [0.29, 0.717) is 0 Å². The van der Waals surface area contributed by atoms with Crippen LogP contribution in [0.2, 0.25) is 0 Å². The highest BCUT2D eigenvalue weighted by atomic mass is 32.2. The summed E-state index contributed by atoms with van der Waals surface area (Å²) in [7, 11) is 0. The number of fused-ring (bicyclic) bond motifs is 1. The van der Waals surface area contributed by atoms with Crippen molar-refractivity contribution in [3.8, 4) is 22.7 Å². The van der Waals surface area contributed by atoms with Crippen molar-refractivity contribution in [1.82, 2.24) is 15.2 Å². The number of carbonyl (C=O) groups is 1. The second-order valence-corrected chi connectivity index (χ2v) is 8.70. The van der Waals surface area contributed by atoms with E-state index in [4.69, 9.17) is 9.40 Å². The summed E-state index contributed by atoms with van der Waals surface area (Å²) in [6.07, 6.45) is 0. The van der Waals surface area contributed by atoms with E-state index in [-0.39, 0.29) is 22.6 Å². The van der Waals surface area contributed by atoms with Gasteiger partial charge in [0.2, 0.25) is 11.8 Å². The molecular weight excluding hydrogens is 470 g/mol. The number of thioether (sulfide) groups is 1. The summed E-state index contributed by atoms with van der Waals surface area (Å²) < 4.78 is 32.9. The fraction of sp³-hybridized carbons (Fsp3) is 0.0769. The van der Waals surface area contributed by atoms with Gasteiger partial charge in [-0.15, -0.1) is 10.2 Å². The fourth-order valence-electron chi connectivity index (χ4n) is 3.51. The molecule has 0 saturated carbocycles. The number of anilines is 1. The number of hydrogen-bond acceptors (Lipinski definition) is 6. The van der Waals surface area contributed by atoms with E-state index in [1.807, 2.05) is 61.5 Å². The van der Waals surface area contributed by atoms with Gasteiger partial charge >= 0.3 is 0 Å². The van der Waals surface area contributed by atoms with Crippen molar-refractivity contribution >= 4 is 34.3 Å². The first-order valence-corrected chi connectivity index (χ1v) is 11.6. The lowest BCUT2D eigenvalue weighted by molar-refractivity contribution is -0.113. The molecule has 2 heterocycles. The maximum Gasteiger partial charge on any atom is 0.277 e. The number of aromatic nitrogens is 3. The van der Waals surface area contributed by atoms with E-state index in [0.717, 1.165) is 63.2 Å². The number of para-hydroxylation sites is 1. The monoisotopic (exact) mass is 488 g/mol. The first-order chi connectivity index (χ1) is 17.0. The molecule has 0 radical (unpaired) electrons. The summed E-state index contributed by atoms with van der Waals surface area (Å²) in [6, 6.07) is 20.5. The minimum Gasteiger partial charge on any atom is -0.411 e. The van der Waals surface area contributed by atoms with E-state index in [2.05, 4.69) is 15.5 Å². The van der Waals surface area contributed by atoms with Gasteiger partial charge in [-0.25, -0.2) is 13.8 Å². The fourth-order valence-corrected chi connectivity index (χ4v) is 4.07. The van der Waals surface area contributed by atoms with Gasteiger partial charge in [-0.05, 0) is 31.2 Å². The summed E-state index contributed by atoms with van der Waals surface area (Å²) in [5, 5.41) is 11.6. The molecule has 0 fully saturated rings. The molecule has 0 unspecified atom stereocenters. The summed E-state index contributed by atoms with van der Waals surface area (Å²) in [5.74, 6) is -1.74. The molecular formula is C26H18F2N4O2S. The van der Waals surface area contributed by atoms with E-state index < -0.39 is 17.5 Å². The van der Waals surface area contributed by atoms with Crippen LogP contribution in [0.5, 0.6) is 0 Å². The van der Waals surface area contributed by atoms with Gasteiger partial charge in [0.25, 0.3) is 5.22 Å². The first-order valence-electron chi connectivity index (χ1n) is 10.6. The van der Waals surface area contributed by atoms with Crippen LogP contribution < -0.4 is 5.32 Å². The number of amides is 1. The van der Waals surface area contributed by atoms with E-state index >= 15 is 0 Å². The Kier molecular flexibility index (Phi) is 6.24. The zero-order valence-electron chi connectivity index (χ0n) is 18.5. The van der Waals surface area contributed by atoms with Crippen molar-refractivity contribution in [3.63, 3.8) is 0 Å². The molecule has 9 heteroatoms. The summed E-state index contributed by atoms with van der Waals surface area (Å²) >= 11 is 0.997. The second kappa shape index (κ2) is 9.63. The lowest BCUT2D eigenvalue weighted by atomic mass is 10.0. The molecule has 2 aromatic heterocycles. The third kappa shape index (κ3) is 5.04. The SMILES string of the molecule is Cc1ccc(-c2cc(-c3nnc(SCC(=O)Nc4cc(F)ccc4F)o3)c3ccccc3n2)cc1. The molecule has 0 aliphatic heterocycles. The lowest BCUT2D eigenvalue weighted by Crippen LogP contribution is -2.15. The van der Waals surface area contributed by atoms with E-state index in [1.165, 1.54) is 0 Å². The molecule has 3 aromatic carbocycles. The van der Waals surface area contributed by atoms with Crippen molar-refractivity contribution in [3.05, 3.63) is 90.0 Å². The van der Waals surface area contributed by atoms with Crippen molar-refractivity contribution in [2.24, 2.45) is 0 Å². The minimum absolute atomic E-state index is 0.122. The van der Waals surface area contributed by atoms with Crippen LogP contribution in [0.4, 0.5) is 14.5 Å². The van der Waals surface area contributed by atoms with Gasteiger partial charge in [0, 0.05) is 17.0 Å². The highest BCUT2D eigenvalue weighted by Crippen LogP contribution is 2.32. The average molecular weight is 489 g/mol. The number of nitrogens with one attached hydrogen (secondary N) is 1. The Labute approximate surface area is 203 Å². The maximum absolute atomic E-state index is 13.8. The molecule has 174 valence electrons. The van der Waals surface area contributed by atoms with Gasteiger partial charge in [-0.3, -0.25) is 4.79 Å². The largest absolute Gasteiger partial charge is 0.411 e. The van der Waals surface area contributed by atoms with Gasteiger partial charge in [0.15, 0.2) is 0 Å². The Morgan fingerprint density at radius 2 is 1.80 bits per heavy atom. The molecule has 0 aliphatic rings. The van der Waals surface area contributed by atoms with E-state index in [1.54, 1.807) is 0 Å². The summed E-state index contributed by atoms with van der Waals surface area (Å²) in [6.45, 7) is 2.02. The normalized spacial score (nSPS) is 11.1. The number of rotatable bonds is 6. The van der Waals surface area contributed by atoms with Crippen LogP contribution in [0.1, 0.15) is 5.56 Å². The highest BCUT2D eigenvalue weighted by Gasteiger charge is 2.17. The second-order valence-electron chi connectivity index (χ2n) is 7.77. The molecule has 0 atom stereocenters. The van der Waals surface area contributed by atoms with Gasteiger partial charge in [-0.2, -0.15) is 0 Å². The molecule has 0 aliphatic carbocycles. The Balaban J connectivity index is 1.38. The Hall–Kier alpha value is -4.11. The van der Waals surface area contributed by atoms with Crippen LogP contribution >= 0.6 is 11.8 Å². The maximum atomic E-state index is 13.8. The van der Waals surface area contributed by atoms with Crippen LogP contribution in [0.25, 0.3) is 33.6 Å². The standard InChI is InChI=1S/C26H18F2N4O2S/c1-15-6-8-16(9-7-15)22-13-19(18-4-2-3-5-21(18)29-22)25-31-32-26(34-25)35-14-24(33)30-23-12-17(27)10-11-20(23)28/h2-13H,14H2,1H3,(H,30,33). The quantitative estimate of drug-likeness (QED) is 0.284. The lowest BCUT2D eigenvalue weighted by Gasteiger charge is -2.08. The number of benzene rings is 3. The number of halogens is 2. The summed E-state index contributed by atoms with van der Waals surface area (Å²) in [4.78, 5) is 17.0. The minimum atomic E-state index is -0.723. The third-order valence-electron chi connectivity index (χ3n) is 5.23. The van der Waals surface area contributed by atoms with Crippen molar-refractivity contribution in [1.29, 1.82) is 0 Å². The molecule has 35 heavy (non-hydrogen) atoms. The highest BCUT2D eigenvalue weighted by molar-refractivity contribution is 7.99. The van der Waals surface area contributed by atoms with Crippen LogP contribution in [0.15, 0.2) is 82.4 Å². The molecule has 0 spiro atoms. The molecule has 1 amide bonds. The molecule has 1 N–H and O–H groups in total. The molecule has 0 saturated heterocycles. The number of carbonyl (C=O) groups excluding carboxylic acids is 1. The van der Waals surface area contributed by atoms with Gasteiger partial charge in [-0.1, -0.05) is 59.8 Å². The van der Waals surface area contributed by atoms with Crippen molar-refractivity contribution in [2.75, 3.05) is 11.1 Å². The topological polar surface area (TPSA) is 80.9 Å². The van der Waals surface area contributed by atoms with Crippen LogP contribution in [-0.4, -0.2) is 26.8 Å². The summed E-state index contributed by atoms with van der Waals surface area (Å²) in [5.41, 5.74) is 4.15. The predicted molar refractivity (Wildman–Crippen MR) is 131 cm³/mol. The van der Waals surface area contributed by atoms with Gasteiger partial charge in [0.1, 0.15) is 11.6 Å². The number of aryl methyl sites for hydroxylation is 1. The molecule has 5 aromatic rings. The Bertz CT molecular complexity index is 1540. The Morgan fingerprint density at radius 1 is 1.00 bits per heavy atom. The average Bonchev–Trinajstić information content (AvgIpc) is 3.34. The predicted octanol–water partition coefficient (Wildman–Crippen LogP) is 6.27. The van der Waals surface area contributed by atoms with E-state index in [9.17, 15) is 13.6 Å². The van der Waals surface area contributed by atoms with Crippen LogP contribution in [0.3, 0.4) is 0 Å².